The van der Waals surface area contributed by atoms with Crippen LogP contribution in [0.15, 0.2) is 24.8 Å². The minimum absolute atomic E-state index is 0.0579. The van der Waals surface area contributed by atoms with Gasteiger partial charge in [-0.1, -0.05) is 89.5 Å². The number of ether oxygens (including phenoxy) is 1. The molecule has 1 N–H and O–H groups in total. The molecule has 0 rings (SSSR count). The highest BCUT2D eigenvalue weighted by atomic mass is 16.5. The van der Waals surface area contributed by atoms with Crippen LogP contribution >= 0.6 is 0 Å². The number of esters is 1. The fourth-order valence-corrected chi connectivity index (χ4v) is 3.19. The van der Waals surface area contributed by atoms with Crippen LogP contribution in [0.25, 0.3) is 0 Å². The molecule has 0 aromatic heterocycles. The van der Waals surface area contributed by atoms with E-state index in [9.17, 15) is 14.7 Å². The van der Waals surface area contributed by atoms with Gasteiger partial charge in [-0.15, -0.1) is 0 Å². The Morgan fingerprint density at radius 1 is 0.893 bits per heavy atom. The van der Waals surface area contributed by atoms with Gasteiger partial charge in [-0.25, -0.2) is 0 Å². The van der Waals surface area contributed by atoms with Gasteiger partial charge in [0.2, 0.25) is 0 Å². The van der Waals surface area contributed by atoms with Crippen molar-refractivity contribution in [3.63, 3.8) is 0 Å². The molecule has 162 valence electrons. The van der Waals surface area contributed by atoms with Crippen molar-refractivity contribution in [2.45, 2.75) is 103 Å². The van der Waals surface area contributed by atoms with Gasteiger partial charge in [0, 0.05) is 0 Å². The molecule has 0 saturated heterocycles. The van der Waals surface area contributed by atoms with E-state index in [0.717, 1.165) is 25.7 Å². The molecule has 0 aliphatic heterocycles. The van der Waals surface area contributed by atoms with Crippen molar-refractivity contribution < 1.29 is 19.4 Å². The first kappa shape index (κ1) is 26.4. The summed E-state index contributed by atoms with van der Waals surface area (Å²) in [5.74, 6) is -2.03. The summed E-state index contributed by atoms with van der Waals surface area (Å²) in [7, 11) is 0. The van der Waals surface area contributed by atoms with Crippen LogP contribution in [-0.4, -0.2) is 23.7 Å². The summed E-state index contributed by atoms with van der Waals surface area (Å²) in [5, 5.41) is 9.22. The smallest absolute Gasteiger partial charge is 0.307 e. The quantitative estimate of drug-likeness (QED) is 0.139. The number of carbonyl (C=O) groups excluding carboxylic acids is 1. The maximum atomic E-state index is 11.5. The summed E-state index contributed by atoms with van der Waals surface area (Å²) in [6, 6.07) is 0. The van der Waals surface area contributed by atoms with E-state index >= 15 is 0 Å². The summed E-state index contributed by atoms with van der Waals surface area (Å²) in [4.78, 5) is 22.8. The first-order valence-electron chi connectivity index (χ1n) is 11.3. The second-order valence-corrected chi connectivity index (χ2v) is 7.58. The highest BCUT2D eigenvalue weighted by molar-refractivity contribution is 5.78. The number of carboxylic acids is 1. The van der Waals surface area contributed by atoms with E-state index in [0.29, 0.717) is 6.42 Å². The molecule has 0 saturated carbocycles. The van der Waals surface area contributed by atoms with E-state index in [1.54, 1.807) is 0 Å². The number of rotatable bonds is 20. The first-order chi connectivity index (χ1) is 13.6. The predicted molar refractivity (Wildman–Crippen MR) is 116 cm³/mol. The average Bonchev–Trinajstić information content (AvgIpc) is 2.68. The van der Waals surface area contributed by atoms with Crippen LogP contribution in [0.2, 0.25) is 0 Å². The molecule has 0 aromatic rings. The number of carbonyl (C=O) groups is 2. The van der Waals surface area contributed by atoms with E-state index in [4.69, 9.17) is 4.74 Å². The molecular weight excluding hydrogens is 352 g/mol. The van der Waals surface area contributed by atoms with Crippen molar-refractivity contribution in [3.05, 3.63) is 24.8 Å². The zero-order valence-corrected chi connectivity index (χ0v) is 18.0. The van der Waals surface area contributed by atoms with Gasteiger partial charge in [0.25, 0.3) is 0 Å². The van der Waals surface area contributed by atoms with E-state index in [2.05, 4.69) is 25.7 Å². The van der Waals surface area contributed by atoms with E-state index < -0.39 is 17.9 Å². The fraction of sp³-hybridized carbons (Fsp3) is 0.750. The summed E-state index contributed by atoms with van der Waals surface area (Å²) in [6.45, 7) is 5.86. The lowest BCUT2D eigenvalue weighted by molar-refractivity contribution is -0.151. The Balaban J connectivity index is 3.57. The molecule has 1 atom stereocenters. The standard InChI is InChI=1S/C24H42O4/c1-3-5-6-7-8-9-10-11-12-13-14-15-16-17-18-19-22(24(26)27)21-23(25)28-20-4-2/h4,14-15,22H,2-3,5-13,16-21H2,1H3,(H,26,27)/b15-14+. The van der Waals surface area contributed by atoms with Gasteiger partial charge in [-0.3, -0.25) is 9.59 Å². The van der Waals surface area contributed by atoms with Crippen LogP contribution in [0.5, 0.6) is 0 Å². The third-order valence-corrected chi connectivity index (χ3v) is 4.94. The minimum Gasteiger partial charge on any atom is -0.481 e. The summed E-state index contributed by atoms with van der Waals surface area (Å²) < 4.78 is 4.87. The number of carboxylic acid groups (broad SMARTS) is 1. The molecular formula is C24H42O4. The van der Waals surface area contributed by atoms with Crippen LogP contribution in [0.4, 0.5) is 0 Å². The van der Waals surface area contributed by atoms with Crippen LogP contribution in [-0.2, 0) is 14.3 Å². The number of hydrogen-bond donors (Lipinski definition) is 1. The number of aliphatic carboxylic acids is 1. The van der Waals surface area contributed by atoms with E-state index in [1.807, 2.05) is 0 Å². The Morgan fingerprint density at radius 2 is 1.43 bits per heavy atom. The van der Waals surface area contributed by atoms with Crippen molar-refractivity contribution in [2.75, 3.05) is 6.61 Å². The lowest BCUT2D eigenvalue weighted by Crippen LogP contribution is -2.19. The second kappa shape index (κ2) is 20.2. The van der Waals surface area contributed by atoms with Crippen molar-refractivity contribution in [1.29, 1.82) is 0 Å². The Hall–Kier alpha value is -1.58. The summed E-state index contributed by atoms with van der Waals surface area (Å²) in [6.07, 6.45) is 22.5. The molecule has 28 heavy (non-hydrogen) atoms. The highest BCUT2D eigenvalue weighted by Gasteiger charge is 2.21. The number of unbranched alkanes of at least 4 members (excludes halogenated alkanes) is 11. The maximum Gasteiger partial charge on any atom is 0.307 e. The SMILES string of the molecule is C=CCOC(=O)CC(CCCC/C=C/CCCCCCCCCCC)C(=O)O. The zero-order valence-electron chi connectivity index (χ0n) is 18.0. The Bertz CT molecular complexity index is 428. The van der Waals surface area contributed by atoms with Crippen molar-refractivity contribution in [1.82, 2.24) is 0 Å². The number of hydrogen-bond acceptors (Lipinski definition) is 3. The average molecular weight is 395 g/mol. The molecule has 0 heterocycles. The topological polar surface area (TPSA) is 63.6 Å². The monoisotopic (exact) mass is 394 g/mol. The predicted octanol–water partition coefficient (Wildman–Crippen LogP) is 6.84. The molecule has 0 aromatic carbocycles. The van der Waals surface area contributed by atoms with Crippen molar-refractivity contribution in [3.8, 4) is 0 Å². The number of allylic oxidation sites excluding steroid dienone is 2. The van der Waals surface area contributed by atoms with E-state index in [-0.39, 0.29) is 13.0 Å². The molecule has 0 aliphatic rings. The van der Waals surface area contributed by atoms with Crippen LogP contribution in [0, 0.1) is 5.92 Å². The van der Waals surface area contributed by atoms with Crippen molar-refractivity contribution in [2.24, 2.45) is 5.92 Å². The molecule has 1 unspecified atom stereocenters. The molecule has 4 nitrogen and oxygen atoms in total. The van der Waals surface area contributed by atoms with Gasteiger partial charge in [0.05, 0.1) is 12.3 Å². The fourth-order valence-electron chi connectivity index (χ4n) is 3.19. The molecule has 4 heteroatoms. The van der Waals surface area contributed by atoms with Gasteiger partial charge in [-0.05, 0) is 32.1 Å². The zero-order chi connectivity index (χ0) is 20.9. The molecule has 0 amide bonds. The van der Waals surface area contributed by atoms with Crippen LogP contribution in [0.1, 0.15) is 103 Å². The lowest BCUT2D eigenvalue weighted by atomic mass is 9.98. The molecule has 0 spiro atoms. The van der Waals surface area contributed by atoms with E-state index in [1.165, 1.54) is 63.9 Å². The lowest BCUT2D eigenvalue weighted by Gasteiger charge is -2.11. The normalized spacial score (nSPS) is 12.2. The molecule has 0 fully saturated rings. The van der Waals surface area contributed by atoms with Crippen LogP contribution in [0.3, 0.4) is 0 Å². The highest BCUT2D eigenvalue weighted by Crippen LogP contribution is 2.16. The minimum atomic E-state index is -0.920. The van der Waals surface area contributed by atoms with Crippen molar-refractivity contribution >= 4 is 11.9 Å². The molecule has 0 radical (unpaired) electrons. The third-order valence-electron chi connectivity index (χ3n) is 4.94. The summed E-state index contributed by atoms with van der Waals surface area (Å²) in [5.41, 5.74) is 0. The largest absolute Gasteiger partial charge is 0.481 e. The maximum absolute atomic E-state index is 11.5. The van der Waals surface area contributed by atoms with Gasteiger partial charge >= 0.3 is 11.9 Å². The van der Waals surface area contributed by atoms with Gasteiger partial charge < -0.3 is 9.84 Å². The van der Waals surface area contributed by atoms with Gasteiger partial charge in [-0.2, -0.15) is 0 Å². The third kappa shape index (κ3) is 17.8. The Morgan fingerprint density at radius 3 is 1.96 bits per heavy atom. The summed E-state index contributed by atoms with van der Waals surface area (Å²) >= 11 is 0. The van der Waals surface area contributed by atoms with Gasteiger partial charge in [0.1, 0.15) is 6.61 Å². The van der Waals surface area contributed by atoms with Crippen LogP contribution < -0.4 is 0 Å². The first-order valence-corrected chi connectivity index (χ1v) is 11.3. The molecule has 0 bridgehead atoms. The molecule has 0 aliphatic carbocycles. The second-order valence-electron chi connectivity index (χ2n) is 7.58. The Labute approximate surface area is 172 Å². The Kier molecular flexibility index (Phi) is 19.0. The van der Waals surface area contributed by atoms with Gasteiger partial charge in [0.15, 0.2) is 0 Å².